The second-order valence-electron chi connectivity index (χ2n) is 5.56. The zero-order valence-corrected chi connectivity index (χ0v) is 13.5. The fourth-order valence-electron chi connectivity index (χ4n) is 2.36. The molecule has 4 nitrogen and oxygen atoms in total. The number of hydrogen-bond donors (Lipinski definition) is 1. The van der Waals surface area contributed by atoms with Crippen molar-refractivity contribution in [3.8, 4) is 0 Å². The third kappa shape index (κ3) is 3.77. The van der Waals surface area contributed by atoms with Crippen LogP contribution in [-0.4, -0.2) is 16.7 Å². The highest BCUT2D eigenvalue weighted by molar-refractivity contribution is 6.17. The maximum absolute atomic E-state index is 13.0. The van der Waals surface area contributed by atoms with Crippen LogP contribution in [0.3, 0.4) is 0 Å². The minimum absolute atomic E-state index is 0.235. The highest BCUT2D eigenvalue weighted by atomic mass is 19.1. The van der Waals surface area contributed by atoms with Gasteiger partial charge in [0.2, 0.25) is 0 Å². The van der Waals surface area contributed by atoms with Gasteiger partial charge in [0.1, 0.15) is 11.6 Å². The van der Waals surface area contributed by atoms with Crippen LogP contribution in [0.5, 0.6) is 0 Å². The highest BCUT2D eigenvalue weighted by Crippen LogP contribution is 2.17. The van der Waals surface area contributed by atoms with Crippen LogP contribution in [0.2, 0.25) is 0 Å². The number of nitrogens with one attached hydrogen (secondary N) is 1. The SMILES string of the molecule is Cc1ccc(NC(=O)c2ccccc2C(=O)c2ccc(F)cc2)nc1. The first-order valence-electron chi connectivity index (χ1n) is 7.68. The molecule has 0 bridgehead atoms. The molecule has 3 rings (SSSR count). The van der Waals surface area contributed by atoms with Crippen LogP contribution in [0.25, 0.3) is 0 Å². The molecule has 0 spiro atoms. The fourth-order valence-corrected chi connectivity index (χ4v) is 2.36. The summed E-state index contributed by atoms with van der Waals surface area (Å²) < 4.78 is 13.0. The van der Waals surface area contributed by atoms with Crippen molar-refractivity contribution in [3.63, 3.8) is 0 Å². The lowest BCUT2D eigenvalue weighted by Gasteiger charge is -2.09. The standard InChI is InChI=1S/C20H15FN2O2/c1-13-6-11-18(22-12-13)23-20(25)17-5-3-2-4-16(17)19(24)14-7-9-15(21)10-8-14/h2-12H,1H3,(H,22,23,25). The van der Waals surface area contributed by atoms with E-state index in [-0.39, 0.29) is 16.9 Å². The van der Waals surface area contributed by atoms with Crippen molar-refractivity contribution >= 4 is 17.5 Å². The van der Waals surface area contributed by atoms with Crippen molar-refractivity contribution in [2.45, 2.75) is 6.92 Å². The number of halogens is 1. The van der Waals surface area contributed by atoms with E-state index in [0.717, 1.165) is 5.56 Å². The van der Waals surface area contributed by atoms with E-state index >= 15 is 0 Å². The smallest absolute Gasteiger partial charge is 0.257 e. The summed E-state index contributed by atoms with van der Waals surface area (Å²) in [6.07, 6.45) is 1.64. The first kappa shape index (κ1) is 16.5. The van der Waals surface area contributed by atoms with Crippen molar-refractivity contribution in [1.82, 2.24) is 4.98 Å². The summed E-state index contributed by atoms with van der Waals surface area (Å²) in [5, 5.41) is 2.68. The van der Waals surface area contributed by atoms with Gasteiger partial charge in [-0.15, -0.1) is 0 Å². The quantitative estimate of drug-likeness (QED) is 0.733. The zero-order valence-electron chi connectivity index (χ0n) is 13.5. The number of ketones is 1. The van der Waals surface area contributed by atoms with Crippen molar-refractivity contribution in [2.75, 3.05) is 5.32 Å². The van der Waals surface area contributed by atoms with Crippen LogP contribution < -0.4 is 5.32 Å². The number of anilines is 1. The molecule has 1 N–H and O–H groups in total. The van der Waals surface area contributed by atoms with Gasteiger partial charge in [-0.25, -0.2) is 9.37 Å². The molecule has 5 heteroatoms. The molecule has 0 aliphatic carbocycles. The van der Waals surface area contributed by atoms with Crippen molar-refractivity contribution in [3.05, 3.63) is 94.9 Å². The number of nitrogens with zero attached hydrogens (tertiary/aromatic N) is 1. The highest BCUT2D eigenvalue weighted by Gasteiger charge is 2.18. The summed E-state index contributed by atoms with van der Waals surface area (Å²) >= 11 is 0. The van der Waals surface area contributed by atoms with Crippen molar-refractivity contribution in [1.29, 1.82) is 0 Å². The third-order valence-corrected chi connectivity index (χ3v) is 3.68. The zero-order chi connectivity index (χ0) is 17.8. The summed E-state index contributed by atoms with van der Waals surface area (Å²) in [5.41, 5.74) is 1.78. The van der Waals surface area contributed by atoms with Crippen LogP contribution >= 0.6 is 0 Å². The Morgan fingerprint density at radius 3 is 2.24 bits per heavy atom. The van der Waals surface area contributed by atoms with Crippen molar-refractivity contribution in [2.24, 2.45) is 0 Å². The van der Waals surface area contributed by atoms with Crippen LogP contribution in [0.1, 0.15) is 31.8 Å². The Kier molecular flexibility index (Phi) is 4.66. The molecule has 0 unspecified atom stereocenters. The average molecular weight is 334 g/mol. The second-order valence-corrected chi connectivity index (χ2v) is 5.56. The lowest BCUT2D eigenvalue weighted by atomic mass is 9.98. The van der Waals surface area contributed by atoms with E-state index in [2.05, 4.69) is 10.3 Å². The first-order chi connectivity index (χ1) is 12.0. The number of aromatic nitrogens is 1. The molecule has 0 aliphatic rings. The van der Waals surface area contributed by atoms with Crippen molar-refractivity contribution < 1.29 is 14.0 Å². The van der Waals surface area contributed by atoms with E-state index in [1.165, 1.54) is 24.3 Å². The maximum Gasteiger partial charge on any atom is 0.257 e. The van der Waals surface area contributed by atoms with Gasteiger partial charge in [0.25, 0.3) is 5.91 Å². The normalized spacial score (nSPS) is 10.3. The van der Waals surface area contributed by atoms with E-state index < -0.39 is 11.7 Å². The largest absolute Gasteiger partial charge is 0.307 e. The average Bonchev–Trinajstić information content (AvgIpc) is 2.63. The molecule has 25 heavy (non-hydrogen) atoms. The number of hydrogen-bond acceptors (Lipinski definition) is 3. The molecule has 0 atom stereocenters. The predicted molar refractivity (Wildman–Crippen MR) is 93.2 cm³/mol. The summed E-state index contributed by atoms with van der Waals surface area (Å²) in [5.74, 6) is -0.794. The van der Waals surface area contributed by atoms with E-state index in [9.17, 15) is 14.0 Å². The van der Waals surface area contributed by atoms with Gasteiger partial charge in [-0.05, 0) is 48.9 Å². The van der Waals surface area contributed by atoms with Crippen LogP contribution in [0, 0.1) is 12.7 Å². The van der Waals surface area contributed by atoms with Gasteiger partial charge in [0.15, 0.2) is 5.78 Å². The number of carbonyl (C=O) groups excluding carboxylic acids is 2. The van der Waals surface area contributed by atoms with Gasteiger partial charge < -0.3 is 5.32 Å². The summed E-state index contributed by atoms with van der Waals surface area (Å²) in [6, 6.07) is 15.2. The Morgan fingerprint density at radius 1 is 0.920 bits per heavy atom. The fraction of sp³-hybridized carbons (Fsp3) is 0.0500. The van der Waals surface area contributed by atoms with Gasteiger partial charge in [0, 0.05) is 17.3 Å². The van der Waals surface area contributed by atoms with E-state index in [1.807, 2.05) is 13.0 Å². The first-order valence-corrected chi connectivity index (χ1v) is 7.68. The Labute approximate surface area is 144 Å². The number of benzene rings is 2. The second kappa shape index (κ2) is 7.05. The number of amides is 1. The van der Waals surface area contributed by atoms with E-state index in [4.69, 9.17) is 0 Å². The molecule has 3 aromatic rings. The molecular formula is C20H15FN2O2. The molecule has 0 aliphatic heterocycles. The Bertz CT molecular complexity index is 919. The lowest BCUT2D eigenvalue weighted by Crippen LogP contribution is -2.17. The predicted octanol–water partition coefficient (Wildman–Crippen LogP) is 4.01. The monoisotopic (exact) mass is 334 g/mol. The summed E-state index contributed by atoms with van der Waals surface area (Å²) in [4.78, 5) is 29.3. The van der Waals surface area contributed by atoms with Gasteiger partial charge in [0.05, 0.1) is 5.56 Å². The van der Waals surface area contributed by atoms with Gasteiger partial charge >= 0.3 is 0 Å². The number of aryl methyl sites for hydroxylation is 1. The number of pyridine rings is 1. The van der Waals surface area contributed by atoms with Crippen LogP contribution in [0.15, 0.2) is 66.9 Å². The molecule has 0 radical (unpaired) electrons. The molecule has 124 valence electrons. The van der Waals surface area contributed by atoms with Gasteiger partial charge in [-0.3, -0.25) is 9.59 Å². The van der Waals surface area contributed by atoms with Crippen LogP contribution in [0.4, 0.5) is 10.2 Å². The summed E-state index contributed by atoms with van der Waals surface area (Å²) in [6.45, 7) is 1.90. The van der Waals surface area contributed by atoms with Gasteiger partial charge in [-0.1, -0.05) is 24.3 Å². The minimum Gasteiger partial charge on any atom is -0.307 e. The molecule has 0 saturated heterocycles. The molecule has 0 saturated carbocycles. The molecule has 0 fully saturated rings. The summed E-state index contributed by atoms with van der Waals surface area (Å²) in [7, 11) is 0. The number of carbonyl (C=O) groups is 2. The molecule has 1 amide bonds. The Balaban J connectivity index is 1.89. The molecule has 1 heterocycles. The molecular weight excluding hydrogens is 319 g/mol. The number of rotatable bonds is 4. The topological polar surface area (TPSA) is 59.1 Å². The third-order valence-electron chi connectivity index (χ3n) is 3.68. The lowest BCUT2D eigenvalue weighted by molar-refractivity contribution is 0.0996. The van der Waals surface area contributed by atoms with E-state index in [0.29, 0.717) is 11.4 Å². The minimum atomic E-state index is -0.428. The molecule has 2 aromatic carbocycles. The van der Waals surface area contributed by atoms with Crippen LogP contribution in [-0.2, 0) is 0 Å². The Morgan fingerprint density at radius 2 is 1.60 bits per heavy atom. The van der Waals surface area contributed by atoms with E-state index in [1.54, 1.807) is 36.5 Å². The Hall–Kier alpha value is -3.34. The van der Waals surface area contributed by atoms with Gasteiger partial charge in [-0.2, -0.15) is 0 Å². The maximum atomic E-state index is 13.0. The molecule has 1 aromatic heterocycles.